The molecular formula is C21H26N4O3. The van der Waals surface area contributed by atoms with Gasteiger partial charge in [0.2, 0.25) is 17.7 Å². The second-order valence-electron chi connectivity index (χ2n) is 6.65. The lowest BCUT2D eigenvalue weighted by Crippen LogP contribution is -2.22. The molecule has 3 N–H and O–H groups in total. The molecule has 2 rings (SSSR count). The Bertz CT molecular complexity index is 849. The lowest BCUT2D eigenvalue weighted by Gasteiger charge is -2.11. The number of carbonyl (C=O) groups is 3. The van der Waals surface area contributed by atoms with Gasteiger partial charge in [-0.2, -0.15) is 0 Å². The second-order valence-corrected chi connectivity index (χ2v) is 6.65. The van der Waals surface area contributed by atoms with E-state index in [-0.39, 0.29) is 24.3 Å². The summed E-state index contributed by atoms with van der Waals surface area (Å²) < 4.78 is 0. The zero-order valence-corrected chi connectivity index (χ0v) is 16.4. The summed E-state index contributed by atoms with van der Waals surface area (Å²) in [5, 5.41) is 8.57. The van der Waals surface area contributed by atoms with Gasteiger partial charge in [-0.25, -0.2) is 0 Å². The van der Waals surface area contributed by atoms with Crippen molar-refractivity contribution in [1.29, 1.82) is 0 Å². The van der Waals surface area contributed by atoms with Gasteiger partial charge in [0, 0.05) is 44.5 Å². The number of rotatable bonds is 8. The molecule has 0 spiro atoms. The third-order valence-electron chi connectivity index (χ3n) is 3.97. The molecule has 28 heavy (non-hydrogen) atoms. The summed E-state index contributed by atoms with van der Waals surface area (Å²) in [5.74, 6) is -0.270. The molecular weight excluding hydrogens is 356 g/mol. The van der Waals surface area contributed by atoms with Crippen molar-refractivity contribution in [2.75, 3.05) is 36.6 Å². The molecule has 0 aromatic heterocycles. The number of hydrogen-bond acceptors (Lipinski definition) is 4. The quantitative estimate of drug-likeness (QED) is 0.655. The summed E-state index contributed by atoms with van der Waals surface area (Å²) >= 11 is 0. The molecule has 0 radical (unpaired) electrons. The van der Waals surface area contributed by atoms with Crippen LogP contribution >= 0.6 is 0 Å². The van der Waals surface area contributed by atoms with Crippen molar-refractivity contribution in [2.24, 2.45) is 0 Å². The molecule has 0 fully saturated rings. The van der Waals surface area contributed by atoms with Gasteiger partial charge in [0.25, 0.3) is 0 Å². The topological polar surface area (TPSA) is 90.5 Å². The number of anilines is 3. The van der Waals surface area contributed by atoms with E-state index < -0.39 is 0 Å². The number of benzene rings is 2. The van der Waals surface area contributed by atoms with E-state index in [4.69, 9.17) is 0 Å². The van der Waals surface area contributed by atoms with E-state index in [2.05, 4.69) is 16.0 Å². The maximum absolute atomic E-state index is 12.2. The molecule has 7 heteroatoms. The smallest absolute Gasteiger partial charge is 0.243 e. The Balaban J connectivity index is 1.87. The first-order chi connectivity index (χ1) is 13.3. The van der Waals surface area contributed by atoms with Crippen LogP contribution in [0.4, 0.5) is 17.1 Å². The monoisotopic (exact) mass is 382 g/mol. The van der Waals surface area contributed by atoms with Gasteiger partial charge in [-0.3, -0.25) is 14.4 Å². The van der Waals surface area contributed by atoms with Crippen LogP contribution in [0.1, 0.15) is 18.9 Å². The predicted molar refractivity (Wildman–Crippen MR) is 111 cm³/mol. The first-order valence-electron chi connectivity index (χ1n) is 9.04. The molecule has 0 unspecified atom stereocenters. The molecule has 0 aliphatic rings. The maximum Gasteiger partial charge on any atom is 0.243 e. The molecule has 2 aromatic rings. The first kappa shape index (κ1) is 21.0. The van der Waals surface area contributed by atoms with Crippen molar-refractivity contribution in [1.82, 2.24) is 4.90 Å². The number of nitrogens with zero attached hydrogens (tertiary/aromatic N) is 1. The largest absolute Gasteiger partial charge is 0.376 e. The van der Waals surface area contributed by atoms with Crippen LogP contribution in [0, 0.1) is 0 Å². The molecule has 0 saturated carbocycles. The normalized spacial score (nSPS) is 10.1. The fourth-order valence-electron chi connectivity index (χ4n) is 2.58. The Morgan fingerprint density at radius 3 is 2.21 bits per heavy atom. The van der Waals surface area contributed by atoms with Gasteiger partial charge in [-0.15, -0.1) is 0 Å². The van der Waals surface area contributed by atoms with E-state index in [1.807, 2.05) is 30.3 Å². The predicted octanol–water partition coefficient (Wildman–Crippen LogP) is 2.72. The average Bonchev–Trinajstić information content (AvgIpc) is 2.64. The van der Waals surface area contributed by atoms with Crippen molar-refractivity contribution in [3.8, 4) is 0 Å². The minimum Gasteiger partial charge on any atom is -0.376 e. The third-order valence-corrected chi connectivity index (χ3v) is 3.97. The molecule has 0 aliphatic carbocycles. The van der Waals surface area contributed by atoms with Crippen LogP contribution in [-0.4, -0.2) is 43.3 Å². The number of aryl methyl sites for hydroxylation is 1. The van der Waals surface area contributed by atoms with E-state index in [1.54, 1.807) is 37.2 Å². The van der Waals surface area contributed by atoms with Crippen LogP contribution in [0.2, 0.25) is 0 Å². The van der Waals surface area contributed by atoms with Gasteiger partial charge in [-0.1, -0.05) is 18.2 Å². The van der Waals surface area contributed by atoms with Crippen molar-refractivity contribution >= 4 is 34.8 Å². The highest BCUT2D eigenvalue weighted by Crippen LogP contribution is 2.15. The van der Waals surface area contributed by atoms with Gasteiger partial charge in [-0.05, 0) is 42.3 Å². The molecule has 2 aromatic carbocycles. The summed E-state index contributed by atoms with van der Waals surface area (Å²) in [6.45, 7) is 1.53. The standard InChI is InChI=1S/C21H26N4O3/c1-15(26)23-19-9-5-7-17(13-19)22-14-20(27)24-18-8-4-6-16(12-18)10-11-21(28)25(2)3/h4-9,12-13,22H,10-11,14H2,1-3H3,(H,23,26)(H,24,27). The van der Waals surface area contributed by atoms with Crippen molar-refractivity contribution < 1.29 is 14.4 Å². The molecule has 0 atom stereocenters. The average molecular weight is 382 g/mol. The molecule has 3 amide bonds. The SMILES string of the molecule is CC(=O)Nc1cccc(NCC(=O)Nc2cccc(CCC(=O)N(C)C)c2)c1. The van der Waals surface area contributed by atoms with Crippen LogP contribution in [0.25, 0.3) is 0 Å². The van der Waals surface area contributed by atoms with E-state index in [1.165, 1.54) is 6.92 Å². The number of amides is 3. The fourth-order valence-corrected chi connectivity index (χ4v) is 2.58. The second kappa shape index (κ2) is 10.1. The zero-order chi connectivity index (χ0) is 20.5. The van der Waals surface area contributed by atoms with Crippen molar-refractivity contribution in [3.63, 3.8) is 0 Å². The van der Waals surface area contributed by atoms with Gasteiger partial charge < -0.3 is 20.9 Å². The molecule has 0 saturated heterocycles. The third kappa shape index (κ3) is 7.11. The Hall–Kier alpha value is -3.35. The van der Waals surface area contributed by atoms with E-state index in [0.29, 0.717) is 24.2 Å². The Labute approximate surface area is 165 Å². The van der Waals surface area contributed by atoms with Crippen molar-refractivity contribution in [2.45, 2.75) is 19.8 Å². The van der Waals surface area contributed by atoms with Gasteiger partial charge in [0.05, 0.1) is 6.54 Å². The molecule has 0 heterocycles. The summed E-state index contributed by atoms with van der Waals surface area (Å²) in [5.41, 5.74) is 3.08. The number of hydrogen-bond donors (Lipinski definition) is 3. The van der Waals surface area contributed by atoms with Gasteiger partial charge in [0.1, 0.15) is 0 Å². The fraction of sp³-hybridized carbons (Fsp3) is 0.286. The summed E-state index contributed by atoms with van der Waals surface area (Å²) in [4.78, 5) is 36.6. The highest BCUT2D eigenvalue weighted by Gasteiger charge is 2.07. The molecule has 7 nitrogen and oxygen atoms in total. The molecule has 0 aliphatic heterocycles. The van der Waals surface area contributed by atoms with E-state index >= 15 is 0 Å². The summed E-state index contributed by atoms with van der Waals surface area (Å²) in [7, 11) is 3.47. The first-order valence-corrected chi connectivity index (χ1v) is 9.04. The van der Waals surface area contributed by atoms with E-state index in [9.17, 15) is 14.4 Å². The highest BCUT2D eigenvalue weighted by atomic mass is 16.2. The summed E-state index contributed by atoms with van der Waals surface area (Å²) in [6, 6.07) is 14.6. The Morgan fingerprint density at radius 2 is 1.54 bits per heavy atom. The molecule has 148 valence electrons. The van der Waals surface area contributed by atoms with E-state index in [0.717, 1.165) is 11.3 Å². The zero-order valence-electron chi connectivity index (χ0n) is 16.4. The van der Waals surface area contributed by atoms with Crippen molar-refractivity contribution in [3.05, 3.63) is 54.1 Å². The van der Waals surface area contributed by atoms with Crippen LogP contribution in [0.15, 0.2) is 48.5 Å². The maximum atomic E-state index is 12.2. The Kier molecular flexibility index (Phi) is 7.56. The molecule has 0 bridgehead atoms. The minimum absolute atomic E-state index is 0.0696. The number of nitrogens with one attached hydrogen (secondary N) is 3. The van der Waals surface area contributed by atoms with Crippen LogP contribution in [-0.2, 0) is 20.8 Å². The highest BCUT2D eigenvalue weighted by molar-refractivity contribution is 5.94. The summed E-state index contributed by atoms with van der Waals surface area (Å²) in [6.07, 6.45) is 1.05. The van der Waals surface area contributed by atoms with Gasteiger partial charge >= 0.3 is 0 Å². The van der Waals surface area contributed by atoms with Crippen LogP contribution in [0.5, 0.6) is 0 Å². The Morgan fingerprint density at radius 1 is 0.893 bits per heavy atom. The number of carbonyl (C=O) groups excluding carboxylic acids is 3. The van der Waals surface area contributed by atoms with Crippen LogP contribution in [0.3, 0.4) is 0 Å². The lowest BCUT2D eigenvalue weighted by molar-refractivity contribution is -0.128. The van der Waals surface area contributed by atoms with Gasteiger partial charge in [0.15, 0.2) is 0 Å². The minimum atomic E-state index is -0.188. The lowest BCUT2D eigenvalue weighted by atomic mass is 10.1. The van der Waals surface area contributed by atoms with Crippen LogP contribution < -0.4 is 16.0 Å².